The van der Waals surface area contributed by atoms with Crippen molar-refractivity contribution in [3.05, 3.63) is 63.3 Å². The first kappa shape index (κ1) is 16.7. The van der Waals surface area contributed by atoms with Crippen LogP contribution in [0.5, 0.6) is 0 Å². The number of carbonyl (C=O) groups excluding carboxylic acids is 1. The summed E-state index contributed by atoms with van der Waals surface area (Å²) in [5.41, 5.74) is 4.06. The highest BCUT2D eigenvalue weighted by molar-refractivity contribution is 6.36. The van der Waals surface area contributed by atoms with Crippen LogP contribution in [0.15, 0.2) is 42.2 Å². The molecule has 1 N–H and O–H groups in total. The van der Waals surface area contributed by atoms with Gasteiger partial charge < -0.3 is 5.11 Å². The molecule has 2 aromatic rings. The molecule has 0 heterocycles. The molecule has 2 aliphatic carbocycles. The van der Waals surface area contributed by atoms with Crippen molar-refractivity contribution in [3.63, 3.8) is 0 Å². The lowest BCUT2D eigenvalue weighted by Crippen LogP contribution is -2.21. The van der Waals surface area contributed by atoms with Crippen molar-refractivity contribution in [2.24, 2.45) is 11.8 Å². The van der Waals surface area contributed by atoms with Crippen molar-refractivity contribution in [2.45, 2.75) is 26.2 Å². The molecule has 1 fully saturated rings. The first-order valence-electron chi connectivity index (χ1n) is 8.49. The molecular weight excluding hydrogens is 355 g/mol. The Balaban J connectivity index is 1.86. The SMILES string of the molecule is Cc1ccc(-c2ccc(Cl)cc2Cl)cc1C1=C(O)[C@@H]2CC[C@@H](C2)C1=O. The van der Waals surface area contributed by atoms with E-state index in [1.165, 1.54) is 0 Å². The zero-order valence-electron chi connectivity index (χ0n) is 13.9. The Labute approximate surface area is 157 Å². The molecule has 1 saturated carbocycles. The zero-order chi connectivity index (χ0) is 17.7. The maximum Gasteiger partial charge on any atom is 0.169 e. The summed E-state index contributed by atoms with van der Waals surface area (Å²) >= 11 is 12.3. The predicted octanol–water partition coefficient (Wildman–Crippen LogP) is 6.24. The molecule has 2 aliphatic rings. The number of aryl methyl sites for hydroxylation is 1. The molecule has 128 valence electrons. The molecule has 2 bridgehead atoms. The van der Waals surface area contributed by atoms with Gasteiger partial charge in [-0.1, -0.05) is 41.4 Å². The highest BCUT2D eigenvalue weighted by Gasteiger charge is 2.41. The molecule has 0 aromatic heterocycles. The van der Waals surface area contributed by atoms with Crippen LogP contribution in [0, 0.1) is 18.8 Å². The number of aliphatic hydroxyl groups excluding tert-OH is 1. The van der Waals surface area contributed by atoms with E-state index in [9.17, 15) is 9.90 Å². The minimum Gasteiger partial charge on any atom is -0.511 e. The van der Waals surface area contributed by atoms with E-state index < -0.39 is 0 Å². The van der Waals surface area contributed by atoms with E-state index in [1.807, 2.05) is 31.2 Å². The molecule has 2 aromatic carbocycles. The van der Waals surface area contributed by atoms with Crippen molar-refractivity contribution in [2.75, 3.05) is 0 Å². The Hall–Kier alpha value is -1.77. The normalized spacial score (nSPS) is 22.6. The minimum absolute atomic E-state index is 0.0538. The van der Waals surface area contributed by atoms with E-state index >= 15 is 0 Å². The zero-order valence-corrected chi connectivity index (χ0v) is 15.4. The molecule has 2 atom stereocenters. The number of aliphatic hydroxyl groups is 1. The lowest BCUT2D eigenvalue weighted by molar-refractivity contribution is -0.117. The second kappa shape index (κ2) is 6.19. The first-order chi connectivity index (χ1) is 12.0. The van der Waals surface area contributed by atoms with Crippen LogP contribution in [0.25, 0.3) is 16.7 Å². The third-order valence-corrected chi connectivity index (χ3v) is 5.99. The van der Waals surface area contributed by atoms with Crippen LogP contribution in [-0.2, 0) is 4.79 Å². The van der Waals surface area contributed by atoms with Gasteiger partial charge in [0.05, 0.1) is 5.57 Å². The van der Waals surface area contributed by atoms with Crippen LogP contribution in [0.4, 0.5) is 0 Å². The Morgan fingerprint density at radius 2 is 1.76 bits per heavy atom. The highest BCUT2D eigenvalue weighted by Crippen LogP contribution is 2.46. The highest BCUT2D eigenvalue weighted by atomic mass is 35.5. The van der Waals surface area contributed by atoms with Gasteiger partial charge in [-0.25, -0.2) is 0 Å². The second-order valence-corrected chi connectivity index (χ2v) is 7.83. The van der Waals surface area contributed by atoms with Gasteiger partial charge in [0.1, 0.15) is 5.76 Å². The fourth-order valence-corrected chi connectivity index (χ4v) is 4.57. The summed E-state index contributed by atoms with van der Waals surface area (Å²) < 4.78 is 0. The number of hydrogen-bond donors (Lipinski definition) is 1. The van der Waals surface area contributed by atoms with Crippen LogP contribution >= 0.6 is 23.2 Å². The molecule has 4 rings (SSSR count). The predicted molar refractivity (Wildman–Crippen MR) is 102 cm³/mol. The summed E-state index contributed by atoms with van der Waals surface area (Å²) in [6.45, 7) is 1.96. The summed E-state index contributed by atoms with van der Waals surface area (Å²) in [6, 6.07) is 11.3. The van der Waals surface area contributed by atoms with Crippen LogP contribution < -0.4 is 0 Å². The van der Waals surface area contributed by atoms with Crippen LogP contribution in [0.1, 0.15) is 30.4 Å². The Morgan fingerprint density at radius 3 is 2.52 bits per heavy atom. The number of halogens is 2. The molecule has 0 spiro atoms. The van der Waals surface area contributed by atoms with Gasteiger partial charge in [0.2, 0.25) is 0 Å². The molecule has 0 amide bonds. The van der Waals surface area contributed by atoms with Crippen molar-refractivity contribution in [1.82, 2.24) is 0 Å². The molecule has 0 unspecified atom stereocenters. The fourth-order valence-electron chi connectivity index (χ4n) is 4.06. The number of hydrogen-bond acceptors (Lipinski definition) is 2. The molecule has 0 saturated heterocycles. The molecule has 4 heteroatoms. The van der Waals surface area contributed by atoms with E-state index in [1.54, 1.807) is 12.1 Å². The summed E-state index contributed by atoms with van der Waals surface area (Å²) in [7, 11) is 0. The Morgan fingerprint density at radius 1 is 1.00 bits per heavy atom. The van der Waals surface area contributed by atoms with Crippen LogP contribution in [-0.4, -0.2) is 10.9 Å². The van der Waals surface area contributed by atoms with Gasteiger partial charge >= 0.3 is 0 Å². The second-order valence-electron chi connectivity index (χ2n) is 6.99. The summed E-state index contributed by atoms with van der Waals surface area (Å²) in [5.74, 6) is 0.521. The fraction of sp³-hybridized carbons (Fsp3) is 0.286. The van der Waals surface area contributed by atoms with Crippen molar-refractivity contribution >= 4 is 34.6 Å². The Kier molecular flexibility index (Phi) is 4.13. The van der Waals surface area contributed by atoms with E-state index in [2.05, 4.69) is 0 Å². The number of benzene rings is 2. The standard InChI is InChI=1S/C21H18Cl2O2/c1-11-2-3-12(16-7-6-15(22)10-18(16)23)9-17(11)19-20(24)13-4-5-14(8-13)21(19)25/h2-3,6-7,9-10,13-14,24H,4-5,8H2,1H3/t13-,14+/m1/s1. The molecule has 2 nitrogen and oxygen atoms in total. The molecular formula is C21H18Cl2O2. The summed E-state index contributed by atoms with van der Waals surface area (Å²) in [4.78, 5) is 12.8. The van der Waals surface area contributed by atoms with E-state index in [0.29, 0.717) is 15.6 Å². The van der Waals surface area contributed by atoms with Crippen LogP contribution in [0.3, 0.4) is 0 Å². The average Bonchev–Trinajstić information content (AvgIpc) is 3.02. The van der Waals surface area contributed by atoms with Crippen molar-refractivity contribution in [1.29, 1.82) is 0 Å². The third kappa shape index (κ3) is 2.78. The number of fused-ring (bicyclic) bond motifs is 2. The number of Topliss-reactive ketones (excluding diaryl/α,β-unsaturated/α-hetero) is 1. The number of rotatable bonds is 2. The number of carbonyl (C=O) groups is 1. The van der Waals surface area contributed by atoms with Gasteiger partial charge in [-0.2, -0.15) is 0 Å². The van der Waals surface area contributed by atoms with Gasteiger partial charge in [0.15, 0.2) is 5.78 Å². The van der Waals surface area contributed by atoms with Crippen molar-refractivity contribution < 1.29 is 9.90 Å². The number of ketones is 1. The largest absolute Gasteiger partial charge is 0.511 e. The quantitative estimate of drug-likeness (QED) is 0.677. The van der Waals surface area contributed by atoms with Gasteiger partial charge in [-0.15, -0.1) is 0 Å². The van der Waals surface area contributed by atoms with Gasteiger partial charge in [-0.05, 0) is 61.1 Å². The van der Waals surface area contributed by atoms with Crippen molar-refractivity contribution in [3.8, 4) is 11.1 Å². The van der Waals surface area contributed by atoms with E-state index in [-0.39, 0.29) is 23.4 Å². The first-order valence-corrected chi connectivity index (χ1v) is 9.25. The van der Waals surface area contributed by atoms with Crippen LogP contribution in [0.2, 0.25) is 10.0 Å². The molecule has 25 heavy (non-hydrogen) atoms. The maximum absolute atomic E-state index is 12.8. The molecule has 0 aliphatic heterocycles. The topological polar surface area (TPSA) is 37.3 Å². The lowest BCUT2D eigenvalue weighted by atomic mass is 9.81. The van der Waals surface area contributed by atoms with E-state index in [4.69, 9.17) is 23.2 Å². The van der Waals surface area contributed by atoms with Gasteiger partial charge in [0.25, 0.3) is 0 Å². The monoisotopic (exact) mass is 372 g/mol. The number of allylic oxidation sites excluding steroid dienone is 2. The van der Waals surface area contributed by atoms with Gasteiger partial charge in [0, 0.05) is 27.4 Å². The third-order valence-electron chi connectivity index (χ3n) is 5.44. The van der Waals surface area contributed by atoms with E-state index in [0.717, 1.165) is 41.5 Å². The lowest BCUT2D eigenvalue weighted by Gasteiger charge is -2.23. The summed E-state index contributed by atoms with van der Waals surface area (Å²) in [5, 5.41) is 11.8. The Bertz CT molecular complexity index is 914. The smallest absolute Gasteiger partial charge is 0.169 e. The minimum atomic E-state index is 0.0538. The molecule has 0 radical (unpaired) electrons. The summed E-state index contributed by atoms with van der Waals surface area (Å²) in [6.07, 6.45) is 2.56. The average molecular weight is 373 g/mol. The maximum atomic E-state index is 12.8. The van der Waals surface area contributed by atoms with Gasteiger partial charge in [-0.3, -0.25) is 4.79 Å².